The van der Waals surface area contributed by atoms with E-state index in [1.54, 1.807) is 6.92 Å². The van der Waals surface area contributed by atoms with Crippen molar-refractivity contribution in [1.82, 2.24) is 19.9 Å². The first kappa shape index (κ1) is 19.9. The van der Waals surface area contributed by atoms with Crippen LogP contribution in [-0.4, -0.2) is 26.6 Å². The van der Waals surface area contributed by atoms with Crippen molar-refractivity contribution >= 4 is 23.2 Å². The van der Waals surface area contributed by atoms with Crippen LogP contribution < -0.4 is 21.9 Å². The highest BCUT2D eigenvalue weighted by molar-refractivity contribution is 5.97. The van der Waals surface area contributed by atoms with Gasteiger partial charge < -0.3 is 16.4 Å². The van der Waals surface area contributed by atoms with Gasteiger partial charge in [-0.2, -0.15) is 13.2 Å². The smallest absolute Gasteiger partial charge is 0.384 e. The zero-order chi connectivity index (χ0) is 21.7. The molecule has 8 nitrogen and oxygen atoms in total. The number of nitrogens with one attached hydrogen (secondary N) is 2. The highest BCUT2D eigenvalue weighted by Crippen LogP contribution is 2.39. The Hall–Kier alpha value is -3.37. The normalized spacial score (nSPS) is 20.7. The molecule has 2 aliphatic rings. The molecule has 4 N–H and O–H groups in total. The largest absolute Gasteiger partial charge is 0.392 e. The van der Waals surface area contributed by atoms with Crippen LogP contribution in [0.2, 0.25) is 0 Å². The summed E-state index contributed by atoms with van der Waals surface area (Å²) in [6, 6.07) is 2.95. The number of hydrogen-bond acceptors (Lipinski definition) is 6. The zero-order valence-corrected chi connectivity index (χ0v) is 16.0. The Balaban J connectivity index is 1.83. The summed E-state index contributed by atoms with van der Waals surface area (Å²) in [6.07, 6.45) is -1.85. The molecule has 1 aliphatic carbocycles. The highest BCUT2D eigenvalue weighted by atomic mass is 19.4. The van der Waals surface area contributed by atoms with E-state index in [4.69, 9.17) is 5.73 Å². The zero-order valence-electron chi connectivity index (χ0n) is 16.0. The number of halogens is 3. The summed E-state index contributed by atoms with van der Waals surface area (Å²) in [5.41, 5.74) is 4.68. The second kappa shape index (κ2) is 6.85. The van der Waals surface area contributed by atoms with Crippen LogP contribution in [0, 0.1) is 6.92 Å². The van der Waals surface area contributed by atoms with Crippen molar-refractivity contribution in [2.24, 2.45) is 0 Å². The van der Waals surface area contributed by atoms with Crippen molar-refractivity contribution in [2.75, 3.05) is 11.1 Å². The third-order valence-electron chi connectivity index (χ3n) is 5.21. The molecule has 3 heterocycles. The van der Waals surface area contributed by atoms with Gasteiger partial charge in [-0.25, -0.2) is 9.97 Å². The van der Waals surface area contributed by atoms with Crippen molar-refractivity contribution in [2.45, 2.75) is 44.4 Å². The van der Waals surface area contributed by atoms with Crippen LogP contribution >= 0.6 is 0 Å². The van der Waals surface area contributed by atoms with Crippen molar-refractivity contribution in [3.8, 4) is 0 Å². The SMILES string of the molecule is Cc1cc(Nc2cc(N)ncn2)c(=O)n2c1C(=O)NC21C=C(CC(F)(F)F)CCC1. The van der Waals surface area contributed by atoms with Crippen LogP contribution in [-0.2, 0) is 5.66 Å². The molecule has 1 atom stereocenters. The number of nitrogens with zero attached hydrogens (tertiary/aromatic N) is 3. The molecular weight excluding hydrogens is 401 g/mol. The lowest BCUT2D eigenvalue weighted by Gasteiger charge is -2.33. The van der Waals surface area contributed by atoms with Gasteiger partial charge in [0.1, 0.15) is 35.0 Å². The first-order chi connectivity index (χ1) is 14.1. The predicted molar refractivity (Wildman–Crippen MR) is 103 cm³/mol. The van der Waals surface area contributed by atoms with E-state index < -0.39 is 29.7 Å². The van der Waals surface area contributed by atoms with Crippen molar-refractivity contribution < 1.29 is 18.0 Å². The van der Waals surface area contributed by atoms with Crippen LogP contribution in [0.3, 0.4) is 0 Å². The molecule has 158 valence electrons. The number of aryl methyl sites for hydroxylation is 1. The van der Waals surface area contributed by atoms with E-state index in [-0.39, 0.29) is 35.0 Å². The second-order valence-electron chi connectivity index (χ2n) is 7.51. The third kappa shape index (κ3) is 3.51. The van der Waals surface area contributed by atoms with Crippen LogP contribution in [0.25, 0.3) is 0 Å². The fourth-order valence-corrected chi connectivity index (χ4v) is 4.13. The number of pyridine rings is 1. The fraction of sp³-hybridized carbons (Fsp3) is 0.368. The standard InChI is InChI=1S/C19H19F3N6O2/c1-10-5-12(26-14-6-13(23)24-9-25-14)17(30)28-15(10)16(29)27-18(28)4-2-3-11(7-18)8-19(20,21)22/h5-7,9H,2-4,8H2,1H3,(H,27,29)(H3,23,24,25,26). The van der Waals surface area contributed by atoms with Crippen LogP contribution in [0.5, 0.6) is 0 Å². The predicted octanol–water partition coefficient (Wildman–Crippen LogP) is 2.73. The fourth-order valence-electron chi connectivity index (χ4n) is 4.13. The third-order valence-corrected chi connectivity index (χ3v) is 5.21. The summed E-state index contributed by atoms with van der Waals surface area (Å²) >= 11 is 0. The Morgan fingerprint density at radius 2 is 2.07 bits per heavy atom. The number of fused-ring (bicyclic) bond motifs is 2. The van der Waals surface area contributed by atoms with Gasteiger partial charge in [0.2, 0.25) is 0 Å². The maximum absolute atomic E-state index is 13.3. The Bertz CT molecular complexity index is 1120. The lowest BCUT2D eigenvalue weighted by atomic mass is 9.88. The molecule has 0 bridgehead atoms. The van der Waals surface area contributed by atoms with Crippen molar-refractivity contribution in [1.29, 1.82) is 0 Å². The number of carbonyl (C=O) groups excluding carboxylic acids is 1. The molecule has 11 heteroatoms. The first-order valence-electron chi connectivity index (χ1n) is 9.29. The molecule has 1 unspecified atom stereocenters. The Morgan fingerprint density at radius 3 is 2.77 bits per heavy atom. The number of nitrogens with two attached hydrogens (primary N) is 1. The van der Waals surface area contributed by atoms with Crippen LogP contribution in [0.15, 0.2) is 34.9 Å². The number of anilines is 3. The van der Waals surface area contributed by atoms with Gasteiger partial charge >= 0.3 is 6.18 Å². The van der Waals surface area contributed by atoms with Gasteiger partial charge in [-0.1, -0.05) is 5.57 Å². The number of nitrogen functional groups attached to an aromatic ring is 1. The molecule has 4 rings (SSSR count). The summed E-state index contributed by atoms with van der Waals surface area (Å²) in [5.74, 6) is -0.0134. The average molecular weight is 420 g/mol. The molecule has 1 amide bonds. The molecule has 2 aromatic rings. The number of amides is 1. The van der Waals surface area contributed by atoms with Gasteiger partial charge in [-0.3, -0.25) is 14.2 Å². The monoisotopic (exact) mass is 420 g/mol. The van der Waals surface area contributed by atoms with Crippen molar-refractivity contribution in [3.05, 3.63) is 51.7 Å². The number of carbonyl (C=O) groups is 1. The van der Waals surface area contributed by atoms with E-state index in [1.165, 1.54) is 29.1 Å². The summed E-state index contributed by atoms with van der Waals surface area (Å²) in [7, 11) is 0. The van der Waals surface area contributed by atoms with E-state index in [0.717, 1.165) is 0 Å². The van der Waals surface area contributed by atoms with Crippen LogP contribution in [0.1, 0.15) is 41.7 Å². The maximum Gasteiger partial charge on any atom is 0.392 e. The molecule has 0 saturated carbocycles. The van der Waals surface area contributed by atoms with Gasteiger partial charge in [0.25, 0.3) is 11.5 Å². The van der Waals surface area contributed by atoms with Gasteiger partial charge in [0.15, 0.2) is 0 Å². The minimum atomic E-state index is -4.37. The minimum absolute atomic E-state index is 0.126. The summed E-state index contributed by atoms with van der Waals surface area (Å²) in [6.45, 7) is 1.66. The maximum atomic E-state index is 13.3. The van der Waals surface area contributed by atoms with Gasteiger partial charge in [0, 0.05) is 6.07 Å². The molecule has 0 radical (unpaired) electrons. The summed E-state index contributed by atoms with van der Waals surface area (Å²) in [5, 5.41) is 5.60. The minimum Gasteiger partial charge on any atom is -0.384 e. The van der Waals surface area contributed by atoms with Gasteiger partial charge in [-0.05, 0) is 43.9 Å². The van der Waals surface area contributed by atoms with E-state index in [2.05, 4.69) is 20.6 Å². The van der Waals surface area contributed by atoms with E-state index in [1.807, 2.05) is 0 Å². The molecule has 2 aromatic heterocycles. The summed E-state index contributed by atoms with van der Waals surface area (Å²) < 4.78 is 40.1. The Kier molecular flexibility index (Phi) is 4.55. The lowest BCUT2D eigenvalue weighted by Crippen LogP contribution is -2.47. The number of allylic oxidation sites excluding steroid dienone is 1. The molecule has 1 spiro atoms. The topological polar surface area (TPSA) is 115 Å². The lowest BCUT2D eigenvalue weighted by molar-refractivity contribution is -0.127. The molecule has 0 saturated heterocycles. The molecular formula is C19H19F3N6O2. The molecule has 0 aromatic carbocycles. The number of hydrogen-bond donors (Lipinski definition) is 3. The molecule has 30 heavy (non-hydrogen) atoms. The summed E-state index contributed by atoms with van der Waals surface area (Å²) in [4.78, 5) is 33.7. The van der Waals surface area contributed by atoms with Crippen LogP contribution in [0.4, 0.5) is 30.5 Å². The Morgan fingerprint density at radius 1 is 1.30 bits per heavy atom. The van der Waals surface area contributed by atoms with E-state index in [9.17, 15) is 22.8 Å². The number of rotatable bonds is 3. The van der Waals surface area contributed by atoms with Gasteiger partial charge in [0.05, 0.1) is 6.42 Å². The second-order valence-corrected chi connectivity index (χ2v) is 7.51. The van der Waals surface area contributed by atoms with Crippen molar-refractivity contribution in [3.63, 3.8) is 0 Å². The van der Waals surface area contributed by atoms with Gasteiger partial charge in [-0.15, -0.1) is 0 Å². The molecule has 0 fully saturated rings. The Labute approximate surface area is 169 Å². The molecule has 1 aliphatic heterocycles. The van der Waals surface area contributed by atoms with E-state index in [0.29, 0.717) is 18.4 Å². The average Bonchev–Trinajstić information content (AvgIpc) is 2.90. The van der Waals surface area contributed by atoms with E-state index >= 15 is 0 Å². The highest BCUT2D eigenvalue weighted by Gasteiger charge is 2.45. The first-order valence-corrected chi connectivity index (χ1v) is 9.29. The number of alkyl halides is 3. The quantitative estimate of drug-likeness (QED) is 0.658. The number of aromatic nitrogens is 3.